The zero-order valence-corrected chi connectivity index (χ0v) is 15.9. The van der Waals surface area contributed by atoms with E-state index in [1.54, 1.807) is 28.5 Å². The number of amides is 1. The van der Waals surface area contributed by atoms with Crippen molar-refractivity contribution < 1.29 is 9.18 Å². The van der Waals surface area contributed by atoms with E-state index in [4.69, 9.17) is 11.0 Å². The number of aromatic nitrogens is 3. The summed E-state index contributed by atoms with van der Waals surface area (Å²) in [4.78, 5) is 27.6. The zero-order chi connectivity index (χ0) is 20.7. The van der Waals surface area contributed by atoms with Gasteiger partial charge in [0.2, 0.25) is 0 Å². The number of nitrogens with zero attached hydrogens (tertiary/aromatic N) is 5. The number of aryl methyl sites for hydroxylation is 2. The molecule has 0 saturated carbocycles. The van der Waals surface area contributed by atoms with Crippen LogP contribution in [0.4, 0.5) is 10.1 Å². The summed E-state index contributed by atoms with van der Waals surface area (Å²) in [6, 6.07) is 7.98. The first-order chi connectivity index (χ1) is 13.9. The number of nitrogens with two attached hydrogens (primary N) is 1. The highest BCUT2D eigenvalue weighted by Crippen LogP contribution is 2.31. The fraction of sp³-hybridized carbons (Fsp3) is 0.300. The molecule has 0 saturated heterocycles. The van der Waals surface area contributed by atoms with E-state index >= 15 is 0 Å². The Hall–Kier alpha value is -3.67. The lowest BCUT2D eigenvalue weighted by atomic mass is 10.1. The van der Waals surface area contributed by atoms with Gasteiger partial charge in [0.1, 0.15) is 11.5 Å². The maximum absolute atomic E-state index is 13.1. The summed E-state index contributed by atoms with van der Waals surface area (Å²) in [5.74, 6) is -0.615. The summed E-state index contributed by atoms with van der Waals surface area (Å²) in [6.07, 6.45) is 0.149. The van der Waals surface area contributed by atoms with Crippen molar-refractivity contribution in [2.45, 2.75) is 33.0 Å². The van der Waals surface area contributed by atoms with E-state index in [1.807, 2.05) is 6.07 Å². The highest BCUT2D eigenvalue weighted by Gasteiger charge is 2.32. The molecule has 4 rings (SSSR count). The normalized spacial score (nSPS) is 13.6. The minimum atomic E-state index is -0.405. The van der Waals surface area contributed by atoms with Gasteiger partial charge in [-0.3, -0.25) is 9.59 Å². The number of carbonyl (C=O) groups is 1. The number of nitrogen functional groups attached to an aromatic ring is 1. The molecule has 29 heavy (non-hydrogen) atoms. The van der Waals surface area contributed by atoms with Gasteiger partial charge in [-0.15, -0.1) is 0 Å². The van der Waals surface area contributed by atoms with Crippen LogP contribution >= 0.6 is 0 Å². The lowest BCUT2D eigenvalue weighted by Crippen LogP contribution is -2.39. The van der Waals surface area contributed by atoms with Crippen LogP contribution in [0.25, 0.3) is 10.9 Å². The number of nitriles is 1. The number of hydrogen-bond acceptors (Lipinski definition) is 5. The number of benzene rings is 1. The topological polar surface area (TPSA) is 110 Å². The van der Waals surface area contributed by atoms with Crippen molar-refractivity contribution in [3.63, 3.8) is 0 Å². The van der Waals surface area contributed by atoms with Crippen molar-refractivity contribution >= 4 is 22.5 Å². The van der Waals surface area contributed by atoms with Crippen LogP contribution in [0.3, 0.4) is 0 Å². The molecule has 0 spiro atoms. The molecule has 3 aromatic rings. The average Bonchev–Trinajstić information content (AvgIpc) is 3.01. The molecule has 0 atom stereocenters. The number of rotatable bonds is 4. The monoisotopic (exact) mass is 394 g/mol. The SMILES string of the molecule is Cc1nn(CCC#N)c(=O)c2c(N)c3n(c12)CCN(Cc1ccc(F)cc1)C3=O. The summed E-state index contributed by atoms with van der Waals surface area (Å²) < 4.78 is 16.1. The number of fused-ring (bicyclic) bond motifs is 3. The fourth-order valence-corrected chi connectivity index (χ4v) is 3.83. The number of hydrogen-bond donors (Lipinski definition) is 1. The van der Waals surface area contributed by atoms with Gasteiger partial charge >= 0.3 is 0 Å². The van der Waals surface area contributed by atoms with Crippen LogP contribution in [0.15, 0.2) is 29.1 Å². The van der Waals surface area contributed by atoms with Crippen molar-refractivity contribution in [2.75, 3.05) is 12.3 Å². The molecule has 1 amide bonds. The first-order valence-corrected chi connectivity index (χ1v) is 9.22. The second kappa shape index (κ2) is 7.05. The zero-order valence-electron chi connectivity index (χ0n) is 15.9. The molecule has 0 radical (unpaired) electrons. The van der Waals surface area contributed by atoms with Crippen LogP contribution in [0.1, 0.15) is 28.2 Å². The number of carbonyl (C=O) groups excluding carboxylic acids is 1. The third kappa shape index (κ3) is 3.02. The van der Waals surface area contributed by atoms with E-state index in [0.717, 1.165) is 5.56 Å². The van der Waals surface area contributed by atoms with Gasteiger partial charge in [0.25, 0.3) is 11.5 Å². The van der Waals surface area contributed by atoms with E-state index in [0.29, 0.717) is 30.8 Å². The average molecular weight is 394 g/mol. The van der Waals surface area contributed by atoms with Gasteiger partial charge in [-0.05, 0) is 24.6 Å². The Kier molecular flexibility index (Phi) is 4.54. The van der Waals surface area contributed by atoms with Crippen molar-refractivity contribution in [3.05, 3.63) is 57.4 Å². The second-order valence-corrected chi connectivity index (χ2v) is 7.01. The van der Waals surface area contributed by atoms with Crippen LogP contribution in [0.2, 0.25) is 0 Å². The van der Waals surface area contributed by atoms with Gasteiger partial charge < -0.3 is 15.2 Å². The van der Waals surface area contributed by atoms with E-state index in [1.165, 1.54) is 16.8 Å². The van der Waals surface area contributed by atoms with E-state index in [9.17, 15) is 14.0 Å². The lowest BCUT2D eigenvalue weighted by Gasteiger charge is -2.29. The molecular formula is C20H19FN6O2. The Balaban J connectivity index is 1.78. The molecule has 9 heteroatoms. The van der Waals surface area contributed by atoms with Crippen molar-refractivity contribution in [1.82, 2.24) is 19.2 Å². The molecule has 1 aromatic carbocycles. The predicted molar refractivity (Wildman–Crippen MR) is 105 cm³/mol. The Morgan fingerprint density at radius 1 is 1.24 bits per heavy atom. The third-order valence-corrected chi connectivity index (χ3v) is 5.17. The van der Waals surface area contributed by atoms with Crippen molar-refractivity contribution in [3.8, 4) is 6.07 Å². The van der Waals surface area contributed by atoms with Gasteiger partial charge in [-0.25, -0.2) is 9.07 Å². The second-order valence-electron chi connectivity index (χ2n) is 7.01. The van der Waals surface area contributed by atoms with E-state index < -0.39 is 5.56 Å². The largest absolute Gasteiger partial charge is 0.396 e. The fourth-order valence-electron chi connectivity index (χ4n) is 3.83. The van der Waals surface area contributed by atoms with E-state index in [-0.39, 0.29) is 41.5 Å². The molecular weight excluding hydrogens is 375 g/mol. The van der Waals surface area contributed by atoms with Crippen molar-refractivity contribution in [1.29, 1.82) is 5.26 Å². The molecule has 148 valence electrons. The first-order valence-electron chi connectivity index (χ1n) is 9.22. The first kappa shape index (κ1) is 18.7. The van der Waals surface area contributed by atoms with Gasteiger partial charge in [0, 0.05) is 19.6 Å². The van der Waals surface area contributed by atoms with Crippen LogP contribution in [-0.2, 0) is 19.6 Å². The lowest BCUT2D eigenvalue weighted by molar-refractivity contribution is 0.0694. The minimum absolute atomic E-state index is 0.134. The highest BCUT2D eigenvalue weighted by molar-refractivity contribution is 6.08. The van der Waals surface area contributed by atoms with Crippen molar-refractivity contribution in [2.24, 2.45) is 0 Å². The molecule has 0 aliphatic carbocycles. The molecule has 3 heterocycles. The molecule has 2 N–H and O–H groups in total. The van der Waals surface area contributed by atoms with Crippen LogP contribution < -0.4 is 11.3 Å². The summed E-state index contributed by atoms with van der Waals surface area (Å²) in [5.41, 5.74) is 8.22. The molecule has 0 bridgehead atoms. The Morgan fingerprint density at radius 2 is 1.97 bits per heavy atom. The third-order valence-electron chi connectivity index (χ3n) is 5.17. The molecule has 1 aliphatic rings. The smallest absolute Gasteiger partial charge is 0.278 e. The predicted octanol–water partition coefficient (Wildman–Crippen LogP) is 1.80. The van der Waals surface area contributed by atoms with Crippen LogP contribution in [0, 0.1) is 24.1 Å². The summed E-state index contributed by atoms with van der Waals surface area (Å²) >= 11 is 0. The van der Waals surface area contributed by atoms with Gasteiger partial charge in [-0.2, -0.15) is 10.4 Å². The Bertz CT molecular complexity index is 1220. The highest BCUT2D eigenvalue weighted by atomic mass is 19.1. The van der Waals surface area contributed by atoms with Gasteiger partial charge in [0.05, 0.1) is 41.3 Å². The number of halogens is 1. The molecule has 2 aromatic heterocycles. The molecule has 8 nitrogen and oxygen atoms in total. The quantitative estimate of drug-likeness (QED) is 0.726. The summed E-state index contributed by atoms with van der Waals surface area (Å²) in [7, 11) is 0. The standard InChI is InChI=1S/C20H19FN6O2/c1-12-17-15(19(28)27(24-12)8-2-7-22)16(23)18-20(29)25(9-10-26(17)18)11-13-3-5-14(21)6-4-13/h3-6H,2,8-11,23H2,1H3. The van der Waals surface area contributed by atoms with Crippen LogP contribution in [0.5, 0.6) is 0 Å². The molecule has 0 unspecified atom stereocenters. The van der Waals surface area contributed by atoms with E-state index in [2.05, 4.69) is 5.10 Å². The Labute approximate surface area is 165 Å². The Morgan fingerprint density at radius 3 is 2.66 bits per heavy atom. The minimum Gasteiger partial charge on any atom is -0.396 e. The van der Waals surface area contributed by atoms with Gasteiger partial charge in [0.15, 0.2) is 0 Å². The number of anilines is 1. The van der Waals surface area contributed by atoms with Gasteiger partial charge in [-0.1, -0.05) is 12.1 Å². The maximum Gasteiger partial charge on any atom is 0.278 e. The molecule has 1 aliphatic heterocycles. The maximum atomic E-state index is 13.1. The summed E-state index contributed by atoms with van der Waals surface area (Å²) in [6.45, 7) is 3.15. The van der Waals surface area contributed by atoms with Crippen LogP contribution in [-0.4, -0.2) is 31.7 Å². The summed E-state index contributed by atoms with van der Waals surface area (Å²) in [5, 5.41) is 13.4. The molecule has 0 fully saturated rings.